The maximum absolute atomic E-state index is 13.7. The number of fused-ring (bicyclic) bond motifs is 1. The van der Waals surface area contributed by atoms with Gasteiger partial charge in [-0.25, -0.2) is 9.18 Å². The lowest BCUT2D eigenvalue weighted by Gasteiger charge is -2.28. The van der Waals surface area contributed by atoms with Gasteiger partial charge in [0.15, 0.2) is 0 Å². The van der Waals surface area contributed by atoms with Crippen molar-refractivity contribution in [2.45, 2.75) is 38.4 Å². The molecule has 0 bridgehead atoms. The first kappa shape index (κ1) is 16.6. The number of aromatic nitrogens is 2. The van der Waals surface area contributed by atoms with Crippen LogP contribution in [0.4, 0.5) is 9.18 Å². The van der Waals surface area contributed by atoms with Gasteiger partial charge in [-0.15, -0.1) is 0 Å². The quantitative estimate of drug-likeness (QED) is 0.878. The fraction of sp³-hybridized carbons (Fsp3) is 0.389. The van der Waals surface area contributed by atoms with Crippen LogP contribution in [0.5, 0.6) is 0 Å². The molecule has 1 aromatic heterocycles. The summed E-state index contributed by atoms with van der Waals surface area (Å²) in [7, 11) is 0. The minimum Gasteiger partial charge on any atom is -0.351 e. The number of hydrogen-bond donors (Lipinski definition) is 2. The molecule has 1 aliphatic carbocycles. The summed E-state index contributed by atoms with van der Waals surface area (Å²) in [6, 6.07) is 5.66. The topological polar surface area (TPSA) is 93.2 Å². The largest absolute Gasteiger partial charge is 0.351 e. The zero-order valence-electron chi connectivity index (χ0n) is 14.2. The molecule has 0 atom stereocenters. The van der Waals surface area contributed by atoms with Crippen molar-refractivity contribution < 1.29 is 14.0 Å². The van der Waals surface area contributed by atoms with Crippen LogP contribution < -0.4 is 11.1 Å². The first-order valence-electron chi connectivity index (χ1n) is 8.74. The zero-order chi connectivity index (χ0) is 18.3. The van der Waals surface area contributed by atoms with E-state index in [4.69, 9.17) is 5.73 Å². The monoisotopic (exact) mass is 357 g/mol. The predicted octanol–water partition coefficient (Wildman–Crippen LogP) is 1.87. The van der Waals surface area contributed by atoms with Crippen LogP contribution in [0.1, 0.15) is 35.3 Å². The number of rotatable bonds is 3. The van der Waals surface area contributed by atoms with Crippen molar-refractivity contribution in [3.63, 3.8) is 0 Å². The smallest absolute Gasteiger partial charge is 0.315 e. The molecule has 26 heavy (non-hydrogen) atoms. The summed E-state index contributed by atoms with van der Waals surface area (Å²) in [6.45, 7) is 1.08. The van der Waals surface area contributed by atoms with Gasteiger partial charge in [-0.05, 0) is 31.4 Å². The number of amides is 3. The van der Waals surface area contributed by atoms with Gasteiger partial charge in [-0.2, -0.15) is 5.10 Å². The van der Waals surface area contributed by atoms with Crippen LogP contribution in [0.2, 0.25) is 0 Å². The fourth-order valence-electron chi connectivity index (χ4n) is 3.39. The molecule has 2 aliphatic rings. The zero-order valence-corrected chi connectivity index (χ0v) is 14.2. The second-order valence-electron chi connectivity index (χ2n) is 6.76. The van der Waals surface area contributed by atoms with E-state index in [-0.39, 0.29) is 18.5 Å². The van der Waals surface area contributed by atoms with Gasteiger partial charge in [-0.1, -0.05) is 12.1 Å². The van der Waals surface area contributed by atoms with Gasteiger partial charge in [0.05, 0.1) is 24.3 Å². The molecular formula is C18H20FN5O2. The second kappa shape index (κ2) is 6.44. The Hall–Kier alpha value is -2.90. The summed E-state index contributed by atoms with van der Waals surface area (Å²) in [4.78, 5) is 26.0. The molecule has 0 saturated heterocycles. The number of nitrogens with one attached hydrogen (secondary N) is 1. The molecular weight excluding hydrogens is 337 g/mol. The Labute approximate surface area is 150 Å². The number of benzene rings is 1. The van der Waals surface area contributed by atoms with Crippen molar-refractivity contribution in [1.29, 1.82) is 0 Å². The maximum Gasteiger partial charge on any atom is 0.315 e. The molecule has 2 aromatic rings. The molecule has 8 heteroatoms. The van der Waals surface area contributed by atoms with E-state index < -0.39 is 11.8 Å². The van der Waals surface area contributed by atoms with Crippen LogP contribution in [0.15, 0.2) is 24.3 Å². The molecule has 1 aromatic carbocycles. The van der Waals surface area contributed by atoms with Crippen molar-refractivity contribution in [2.24, 2.45) is 5.73 Å². The number of nitrogens with two attached hydrogens (primary N) is 1. The van der Waals surface area contributed by atoms with Gasteiger partial charge in [-0.3, -0.25) is 9.48 Å². The number of nitrogens with zero attached hydrogens (tertiary/aromatic N) is 3. The molecule has 7 nitrogen and oxygen atoms in total. The molecule has 4 rings (SSSR count). The lowest BCUT2D eigenvalue weighted by atomic mass is 9.92. The van der Waals surface area contributed by atoms with E-state index >= 15 is 0 Å². The number of hydrogen-bond acceptors (Lipinski definition) is 3. The van der Waals surface area contributed by atoms with E-state index in [0.717, 1.165) is 19.3 Å². The van der Waals surface area contributed by atoms with Crippen LogP contribution in [0.3, 0.4) is 0 Å². The Kier molecular flexibility index (Phi) is 4.10. The lowest BCUT2D eigenvalue weighted by molar-refractivity contribution is 0.0914. The third-order valence-electron chi connectivity index (χ3n) is 5.06. The van der Waals surface area contributed by atoms with Crippen molar-refractivity contribution in [1.82, 2.24) is 20.0 Å². The predicted molar refractivity (Wildman–Crippen MR) is 92.7 cm³/mol. The van der Waals surface area contributed by atoms with E-state index in [9.17, 15) is 14.0 Å². The lowest BCUT2D eigenvalue weighted by Crippen LogP contribution is -2.43. The Bertz CT molecular complexity index is 874. The summed E-state index contributed by atoms with van der Waals surface area (Å²) in [5.74, 6) is -0.626. The minimum absolute atomic E-state index is 0.161. The Balaban J connectivity index is 1.78. The number of carbonyl (C=O) groups is 2. The summed E-state index contributed by atoms with van der Waals surface area (Å²) >= 11 is 0. The highest BCUT2D eigenvalue weighted by Crippen LogP contribution is 2.30. The highest BCUT2D eigenvalue weighted by molar-refractivity contribution is 6.01. The van der Waals surface area contributed by atoms with E-state index in [0.29, 0.717) is 35.6 Å². The summed E-state index contributed by atoms with van der Waals surface area (Å²) in [5.41, 5.74) is 7.41. The van der Waals surface area contributed by atoms with Crippen molar-refractivity contribution in [3.05, 3.63) is 41.3 Å². The Morgan fingerprint density at radius 3 is 2.73 bits per heavy atom. The minimum atomic E-state index is -0.532. The van der Waals surface area contributed by atoms with Crippen LogP contribution in [-0.2, 0) is 13.1 Å². The SMILES string of the molecule is NC(=O)N1CCn2nc(-c3cccc(F)c3)c(C(=O)NC3CCC3)c2C1. The molecule has 0 unspecified atom stereocenters. The molecule has 0 spiro atoms. The third-order valence-corrected chi connectivity index (χ3v) is 5.06. The molecule has 1 saturated carbocycles. The average molecular weight is 357 g/mol. The Morgan fingerprint density at radius 2 is 2.08 bits per heavy atom. The van der Waals surface area contributed by atoms with Crippen molar-refractivity contribution >= 4 is 11.9 Å². The molecule has 1 fully saturated rings. The average Bonchev–Trinajstić information content (AvgIpc) is 2.96. The summed E-state index contributed by atoms with van der Waals surface area (Å²) in [6.07, 6.45) is 3.01. The number of carbonyl (C=O) groups excluding carboxylic acids is 2. The molecule has 136 valence electrons. The fourth-order valence-corrected chi connectivity index (χ4v) is 3.39. The summed E-state index contributed by atoms with van der Waals surface area (Å²) in [5, 5.41) is 7.56. The molecule has 1 aliphatic heterocycles. The van der Waals surface area contributed by atoms with Crippen molar-refractivity contribution in [2.75, 3.05) is 6.54 Å². The Morgan fingerprint density at radius 1 is 1.27 bits per heavy atom. The van der Waals surface area contributed by atoms with Crippen LogP contribution in [0.25, 0.3) is 11.3 Å². The normalized spacial score (nSPS) is 16.7. The molecule has 3 N–H and O–H groups in total. The summed E-state index contributed by atoms with van der Waals surface area (Å²) < 4.78 is 15.4. The highest BCUT2D eigenvalue weighted by atomic mass is 19.1. The van der Waals surface area contributed by atoms with E-state index in [1.165, 1.54) is 17.0 Å². The molecule has 2 heterocycles. The first-order chi connectivity index (χ1) is 12.5. The van der Waals surface area contributed by atoms with E-state index in [1.807, 2.05) is 0 Å². The van der Waals surface area contributed by atoms with Gasteiger partial charge >= 0.3 is 6.03 Å². The standard InChI is InChI=1S/C18H20FN5O2/c19-12-4-1-3-11(9-12)16-15(17(25)21-13-5-2-6-13)14-10-23(18(20)26)7-8-24(14)22-16/h1,3-4,9,13H,2,5-8,10H2,(H2,20,26)(H,21,25). The number of urea groups is 1. The van der Waals surface area contributed by atoms with Gasteiger partial charge in [0.1, 0.15) is 11.5 Å². The van der Waals surface area contributed by atoms with Gasteiger partial charge < -0.3 is 16.0 Å². The third kappa shape index (κ3) is 2.91. The number of primary amides is 1. The molecule has 3 amide bonds. The number of halogens is 1. The van der Waals surface area contributed by atoms with Gasteiger partial charge in [0.25, 0.3) is 5.91 Å². The van der Waals surface area contributed by atoms with Crippen molar-refractivity contribution in [3.8, 4) is 11.3 Å². The highest BCUT2D eigenvalue weighted by Gasteiger charge is 2.31. The van der Waals surface area contributed by atoms with E-state index in [1.54, 1.807) is 16.8 Å². The van der Waals surface area contributed by atoms with Gasteiger partial charge in [0, 0.05) is 18.2 Å². The molecule has 0 radical (unpaired) electrons. The van der Waals surface area contributed by atoms with Crippen LogP contribution in [-0.4, -0.2) is 39.2 Å². The van der Waals surface area contributed by atoms with E-state index in [2.05, 4.69) is 10.4 Å². The van der Waals surface area contributed by atoms with Crippen LogP contribution >= 0.6 is 0 Å². The maximum atomic E-state index is 13.7. The van der Waals surface area contributed by atoms with Gasteiger partial charge in [0.2, 0.25) is 0 Å². The van der Waals surface area contributed by atoms with Crippen LogP contribution in [0, 0.1) is 5.82 Å². The first-order valence-corrected chi connectivity index (χ1v) is 8.74. The second-order valence-corrected chi connectivity index (χ2v) is 6.76.